The van der Waals surface area contributed by atoms with Gasteiger partial charge in [-0.2, -0.15) is 15.0 Å². The van der Waals surface area contributed by atoms with Crippen LogP contribution < -0.4 is 9.64 Å². The molecular weight excluding hydrogens is 508 g/mol. The number of ether oxygens (including phenoxy) is 3. The summed E-state index contributed by atoms with van der Waals surface area (Å²) in [6.07, 6.45) is 5.16. The van der Waals surface area contributed by atoms with Gasteiger partial charge in [0.15, 0.2) is 17.0 Å². The smallest absolute Gasteiger partial charge is 0.298 e. The summed E-state index contributed by atoms with van der Waals surface area (Å²) in [5, 5.41) is 0. The third kappa shape index (κ3) is 4.69. The highest BCUT2D eigenvalue weighted by molar-refractivity contribution is 5.86. The molecule has 212 valence electrons. The van der Waals surface area contributed by atoms with Gasteiger partial charge in [-0.05, 0) is 37.8 Å². The number of morpholine rings is 1. The minimum absolute atomic E-state index is 0.134. The largest absolute Gasteiger partial charge is 0.461 e. The Morgan fingerprint density at radius 1 is 0.875 bits per heavy atom. The molecule has 0 bridgehead atoms. The Bertz CT molecular complexity index is 1480. The number of benzene rings is 1. The summed E-state index contributed by atoms with van der Waals surface area (Å²) < 4.78 is 21.8. The monoisotopic (exact) mass is 546 g/mol. The molecule has 3 aliphatic rings. The van der Waals surface area contributed by atoms with E-state index in [0.29, 0.717) is 31.2 Å². The molecule has 0 radical (unpaired) electrons. The second kappa shape index (κ2) is 10.9. The van der Waals surface area contributed by atoms with E-state index >= 15 is 0 Å². The number of imidazole rings is 2. The Morgan fingerprint density at radius 2 is 1.62 bits per heavy atom. The highest BCUT2D eigenvalue weighted by Crippen LogP contribution is 2.31. The van der Waals surface area contributed by atoms with Crippen LogP contribution in [0.3, 0.4) is 0 Å². The number of likely N-dealkylation sites (tertiary alicyclic amines) is 1. The van der Waals surface area contributed by atoms with Crippen LogP contribution in [-0.2, 0) is 22.9 Å². The van der Waals surface area contributed by atoms with Gasteiger partial charge in [-0.3, -0.25) is 14.0 Å². The van der Waals surface area contributed by atoms with Gasteiger partial charge in [0.05, 0.1) is 24.2 Å². The molecule has 0 saturated carbocycles. The maximum atomic E-state index is 6.57. The lowest BCUT2D eigenvalue weighted by Gasteiger charge is -2.38. The highest BCUT2D eigenvalue weighted by Gasteiger charge is 2.29. The average Bonchev–Trinajstić information content (AvgIpc) is 3.55. The zero-order valence-electron chi connectivity index (χ0n) is 23.5. The number of hydrogen-bond acceptors (Lipinski definition) is 9. The van der Waals surface area contributed by atoms with Crippen LogP contribution >= 0.6 is 0 Å². The summed E-state index contributed by atoms with van der Waals surface area (Å²) in [5.74, 6) is 2.37. The lowest BCUT2D eigenvalue weighted by atomic mass is 10.0. The van der Waals surface area contributed by atoms with Crippen molar-refractivity contribution < 1.29 is 14.2 Å². The lowest BCUT2D eigenvalue weighted by Crippen LogP contribution is -2.46. The molecule has 3 aromatic heterocycles. The van der Waals surface area contributed by atoms with Gasteiger partial charge in [0.2, 0.25) is 5.95 Å². The van der Waals surface area contributed by atoms with Crippen molar-refractivity contribution in [2.24, 2.45) is 7.05 Å². The summed E-state index contributed by atoms with van der Waals surface area (Å²) in [6, 6.07) is 9.41. The van der Waals surface area contributed by atoms with Crippen molar-refractivity contribution in [1.29, 1.82) is 0 Å². The van der Waals surface area contributed by atoms with Crippen molar-refractivity contribution in [2.45, 2.75) is 51.2 Å². The quantitative estimate of drug-likeness (QED) is 0.361. The fraction of sp³-hybridized carbons (Fsp3) is 0.586. The van der Waals surface area contributed by atoms with Gasteiger partial charge in [0.25, 0.3) is 6.01 Å². The topological polar surface area (TPSA) is 95.6 Å². The maximum absolute atomic E-state index is 6.57. The predicted octanol–water partition coefficient (Wildman–Crippen LogP) is 3.12. The third-order valence-corrected chi connectivity index (χ3v) is 8.56. The Kier molecular flexibility index (Phi) is 7.03. The van der Waals surface area contributed by atoms with Crippen molar-refractivity contribution in [3.8, 4) is 12.0 Å². The van der Waals surface area contributed by atoms with Crippen molar-refractivity contribution in [2.75, 3.05) is 57.5 Å². The standard InChI is InChI=1S/C29H38N8O3/c1-3-24-30-22-6-4-5-7-23(22)37(24)28-32-26-25(27(33-28)36-14-18-39-19-15-36)31-29(34(26)2)40-21-8-12-35(13-9-21)20-10-16-38-17-11-20/h4-7,20-21H,3,8-19H2,1-2H3. The molecule has 0 atom stereocenters. The molecule has 3 saturated heterocycles. The zero-order chi connectivity index (χ0) is 27.1. The summed E-state index contributed by atoms with van der Waals surface area (Å²) in [5.41, 5.74) is 3.48. The predicted molar refractivity (Wildman–Crippen MR) is 152 cm³/mol. The van der Waals surface area contributed by atoms with Crippen LogP contribution in [0.25, 0.3) is 28.1 Å². The van der Waals surface area contributed by atoms with Crippen LogP contribution in [0.2, 0.25) is 0 Å². The van der Waals surface area contributed by atoms with E-state index < -0.39 is 0 Å². The molecule has 0 spiro atoms. The second-order valence-corrected chi connectivity index (χ2v) is 11.0. The van der Waals surface area contributed by atoms with Gasteiger partial charge in [0.1, 0.15) is 11.9 Å². The lowest BCUT2D eigenvalue weighted by molar-refractivity contribution is 0.00836. The van der Waals surface area contributed by atoms with Crippen LogP contribution in [0.5, 0.6) is 6.01 Å². The Balaban J connectivity index is 1.23. The molecule has 4 aromatic rings. The minimum Gasteiger partial charge on any atom is -0.461 e. The Morgan fingerprint density at radius 3 is 2.40 bits per heavy atom. The number of nitrogens with zero attached hydrogens (tertiary/aromatic N) is 8. The zero-order valence-corrected chi connectivity index (χ0v) is 23.5. The molecule has 3 aliphatic heterocycles. The Labute approximate surface area is 234 Å². The minimum atomic E-state index is 0.134. The molecule has 11 heteroatoms. The van der Waals surface area contributed by atoms with Gasteiger partial charge >= 0.3 is 0 Å². The van der Waals surface area contributed by atoms with Gasteiger partial charge in [0, 0.05) is 58.9 Å². The number of aryl methyl sites for hydroxylation is 2. The number of rotatable bonds is 6. The summed E-state index contributed by atoms with van der Waals surface area (Å²) in [6.45, 7) is 8.82. The van der Waals surface area contributed by atoms with Crippen molar-refractivity contribution >= 4 is 28.0 Å². The van der Waals surface area contributed by atoms with Crippen LogP contribution in [0.1, 0.15) is 38.4 Å². The molecule has 3 fully saturated rings. The highest BCUT2D eigenvalue weighted by atomic mass is 16.5. The van der Waals surface area contributed by atoms with Crippen molar-refractivity contribution in [3.05, 3.63) is 30.1 Å². The first-order valence-electron chi connectivity index (χ1n) is 14.7. The van der Waals surface area contributed by atoms with E-state index in [-0.39, 0.29) is 6.10 Å². The van der Waals surface area contributed by atoms with Gasteiger partial charge in [-0.15, -0.1) is 0 Å². The summed E-state index contributed by atoms with van der Waals surface area (Å²) >= 11 is 0. The molecule has 1 aromatic carbocycles. The molecule has 0 N–H and O–H groups in total. The number of aromatic nitrogens is 6. The van der Waals surface area contributed by atoms with E-state index in [1.54, 1.807) is 0 Å². The van der Waals surface area contributed by atoms with Crippen LogP contribution in [0, 0.1) is 0 Å². The van der Waals surface area contributed by atoms with E-state index in [9.17, 15) is 0 Å². The Hall–Kier alpha value is -3.28. The average molecular weight is 547 g/mol. The molecule has 6 heterocycles. The van der Waals surface area contributed by atoms with Gasteiger partial charge in [-0.1, -0.05) is 19.1 Å². The molecule has 0 amide bonds. The van der Waals surface area contributed by atoms with E-state index in [2.05, 4.69) is 27.4 Å². The molecule has 7 rings (SSSR count). The molecule has 40 heavy (non-hydrogen) atoms. The normalized spacial score (nSPS) is 20.1. The first-order valence-corrected chi connectivity index (χ1v) is 14.7. The van der Waals surface area contributed by atoms with E-state index in [0.717, 1.165) is 105 Å². The van der Waals surface area contributed by atoms with E-state index in [1.807, 2.05) is 29.8 Å². The molecular formula is C29H38N8O3. The number of anilines is 1. The van der Waals surface area contributed by atoms with Crippen molar-refractivity contribution in [3.63, 3.8) is 0 Å². The number of piperidine rings is 1. The van der Waals surface area contributed by atoms with Crippen LogP contribution in [-0.4, -0.2) is 98.7 Å². The van der Waals surface area contributed by atoms with Crippen LogP contribution in [0.4, 0.5) is 5.82 Å². The molecule has 0 unspecified atom stereocenters. The van der Waals surface area contributed by atoms with Gasteiger partial charge in [-0.25, -0.2) is 4.98 Å². The fourth-order valence-corrected chi connectivity index (χ4v) is 6.31. The SMILES string of the molecule is CCc1nc2ccccc2n1-c1nc(N2CCOCC2)c2nc(OC3CCN(C4CCOCC4)CC3)n(C)c2n1. The third-order valence-electron chi connectivity index (χ3n) is 8.56. The summed E-state index contributed by atoms with van der Waals surface area (Å²) in [7, 11) is 1.99. The van der Waals surface area contributed by atoms with E-state index in [1.165, 1.54) is 0 Å². The fourth-order valence-electron chi connectivity index (χ4n) is 6.31. The molecule has 0 aliphatic carbocycles. The number of fused-ring (bicyclic) bond motifs is 2. The number of para-hydroxylation sites is 2. The van der Waals surface area contributed by atoms with Crippen LogP contribution in [0.15, 0.2) is 24.3 Å². The van der Waals surface area contributed by atoms with Gasteiger partial charge < -0.3 is 19.1 Å². The van der Waals surface area contributed by atoms with Crippen molar-refractivity contribution in [1.82, 2.24) is 34.0 Å². The summed E-state index contributed by atoms with van der Waals surface area (Å²) in [4.78, 5) is 24.9. The first-order chi connectivity index (χ1) is 19.7. The maximum Gasteiger partial charge on any atom is 0.298 e. The first kappa shape index (κ1) is 25.7. The second-order valence-electron chi connectivity index (χ2n) is 11.0. The molecule has 11 nitrogen and oxygen atoms in total. The number of hydrogen-bond donors (Lipinski definition) is 0. The van der Waals surface area contributed by atoms with E-state index in [4.69, 9.17) is 34.1 Å².